The minimum absolute atomic E-state index is 0.798. The van der Waals surface area contributed by atoms with Crippen molar-refractivity contribution in [3.8, 4) is 0 Å². The van der Waals surface area contributed by atoms with Gasteiger partial charge in [0.1, 0.15) is 12.1 Å². The van der Waals surface area contributed by atoms with Crippen molar-refractivity contribution in [3.63, 3.8) is 0 Å². The molecule has 0 saturated heterocycles. The number of benzene rings is 1. The molecule has 3 aromatic heterocycles. The number of pyridine rings is 1. The standard InChI is InChI=1S/C15H10N4S/c1-2-14-10(4-6-20-14)7-11(1)19-15-12-3-5-16-8-13(12)17-9-18-15/h1-9H,(H,17,18,19). The Morgan fingerprint density at radius 3 is 3.05 bits per heavy atom. The molecule has 4 aromatic rings. The Bertz CT molecular complexity index is 895. The number of hydrogen-bond donors (Lipinski definition) is 1. The van der Waals surface area contributed by atoms with Gasteiger partial charge >= 0.3 is 0 Å². The quantitative estimate of drug-likeness (QED) is 0.602. The number of anilines is 2. The van der Waals surface area contributed by atoms with Gasteiger partial charge in [-0.2, -0.15) is 0 Å². The summed E-state index contributed by atoms with van der Waals surface area (Å²) >= 11 is 1.74. The predicted octanol–water partition coefficient (Wildman–Crippen LogP) is 3.98. The van der Waals surface area contributed by atoms with E-state index in [1.165, 1.54) is 10.1 Å². The third-order valence-electron chi connectivity index (χ3n) is 3.15. The third-order valence-corrected chi connectivity index (χ3v) is 4.05. The Morgan fingerprint density at radius 1 is 1.05 bits per heavy atom. The van der Waals surface area contributed by atoms with Crippen LogP contribution in [0.3, 0.4) is 0 Å². The zero-order chi connectivity index (χ0) is 13.4. The fraction of sp³-hybridized carbons (Fsp3) is 0. The predicted molar refractivity (Wildman–Crippen MR) is 82.4 cm³/mol. The lowest BCUT2D eigenvalue weighted by atomic mass is 10.2. The van der Waals surface area contributed by atoms with Crippen molar-refractivity contribution in [1.82, 2.24) is 15.0 Å². The van der Waals surface area contributed by atoms with Crippen LogP contribution in [0.5, 0.6) is 0 Å². The molecule has 0 spiro atoms. The van der Waals surface area contributed by atoms with Crippen molar-refractivity contribution in [3.05, 3.63) is 54.4 Å². The molecule has 3 heterocycles. The molecule has 4 rings (SSSR count). The van der Waals surface area contributed by atoms with E-state index in [2.05, 4.69) is 49.9 Å². The number of aromatic nitrogens is 3. The first-order chi connectivity index (χ1) is 9.90. The highest BCUT2D eigenvalue weighted by molar-refractivity contribution is 7.17. The Kier molecular flexibility index (Phi) is 2.57. The van der Waals surface area contributed by atoms with Crippen LogP contribution >= 0.6 is 11.3 Å². The number of nitrogens with zero attached hydrogens (tertiary/aromatic N) is 3. The Hall–Kier alpha value is -2.53. The van der Waals surface area contributed by atoms with Gasteiger partial charge in [-0.1, -0.05) is 0 Å². The van der Waals surface area contributed by atoms with Crippen LogP contribution in [-0.2, 0) is 0 Å². The second kappa shape index (κ2) is 4.54. The molecular weight excluding hydrogens is 268 g/mol. The molecule has 0 aliphatic carbocycles. The molecule has 0 atom stereocenters. The first-order valence-electron chi connectivity index (χ1n) is 6.19. The van der Waals surface area contributed by atoms with Crippen LogP contribution in [0, 0.1) is 0 Å². The van der Waals surface area contributed by atoms with Gasteiger partial charge in [-0.3, -0.25) is 4.98 Å². The van der Waals surface area contributed by atoms with Crippen LogP contribution in [0.25, 0.3) is 21.0 Å². The number of rotatable bonds is 2. The van der Waals surface area contributed by atoms with Gasteiger partial charge in [0.2, 0.25) is 0 Å². The van der Waals surface area contributed by atoms with Gasteiger partial charge in [0.15, 0.2) is 0 Å². The highest BCUT2D eigenvalue weighted by Crippen LogP contribution is 2.27. The first-order valence-corrected chi connectivity index (χ1v) is 7.07. The van der Waals surface area contributed by atoms with E-state index < -0.39 is 0 Å². The molecule has 0 aliphatic heterocycles. The average molecular weight is 278 g/mol. The topological polar surface area (TPSA) is 50.7 Å². The number of nitrogens with one attached hydrogen (secondary N) is 1. The van der Waals surface area contributed by atoms with Crippen molar-refractivity contribution in [1.29, 1.82) is 0 Å². The number of hydrogen-bond acceptors (Lipinski definition) is 5. The van der Waals surface area contributed by atoms with Crippen LogP contribution in [0.4, 0.5) is 11.5 Å². The molecule has 0 radical (unpaired) electrons. The third kappa shape index (κ3) is 1.88. The van der Waals surface area contributed by atoms with E-state index in [1.807, 2.05) is 6.07 Å². The second-order valence-electron chi connectivity index (χ2n) is 4.41. The molecule has 1 N–H and O–H groups in total. The lowest BCUT2D eigenvalue weighted by molar-refractivity contribution is 1.20. The molecule has 0 amide bonds. The molecule has 0 saturated carbocycles. The summed E-state index contributed by atoms with van der Waals surface area (Å²) in [5, 5.41) is 7.65. The second-order valence-corrected chi connectivity index (χ2v) is 5.36. The molecule has 0 bridgehead atoms. The van der Waals surface area contributed by atoms with E-state index in [9.17, 15) is 0 Å². The lowest BCUT2D eigenvalue weighted by Crippen LogP contribution is -1.95. The van der Waals surface area contributed by atoms with E-state index in [0.29, 0.717) is 0 Å². The minimum Gasteiger partial charge on any atom is -0.340 e. The highest BCUT2D eigenvalue weighted by atomic mass is 32.1. The Labute approximate surface area is 119 Å². The maximum Gasteiger partial charge on any atom is 0.141 e. The van der Waals surface area contributed by atoms with Crippen molar-refractivity contribution < 1.29 is 0 Å². The normalized spacial score (nSPS) is 11.0. The summed E-state index contributed by atoms with van der Waals surface area (Å²) in [5.74, 6) is 0.798. The van der Waals surface area contributed by atoms with Crippen LogP contribution in [-0.4, -0.2) is 15.0 Å². The molecule has 0 unspecified atom stereocenters. The van der Waals surface area contributed by atoms with Gasteiger partial charge in [0.05, 0.1) is 11.7 Å². The van der Waals surface area contributed by atoms with Gasteiger partial charge in [0.25, 0.3) is 0 Å². The Morgan fingerprint density at radius 2 is 2.05 bits per heavy atom. The Balaban J connectivity index is 1.80. The largest absolute Gasteiger partial charge is 0.340 e. The fourth-order valence-corrected chi connectivity index (χ4v) is 2.96. The van der Waals surface area contributed by atoms with Gasteiger partial charge < -0.3 is 5.32 Å². The zero-order valence-corrected chi connectivity index (χ0v) is 11.3. The summed E-state index contributed by atoms with van der Waals surface area (Å²) in [6, 6.07) is 10.3. The van der Waals surface area contributed by atoms with E-state index in [1.54, 1.807) is 30.1 Å². The van der Waals surface area contributed by atoms with E-state index >= 15 is 0 Å². The fourth-order valence-electron chi connectivity index (χ4n) is 2.19. The lowest BCUT2D eigenvalue weighted by Gasteiger charge is -2.08. The zero-order valence-electron chi connectivity index (χ0n) is 10.4. The molecule has 20 heavy (non-hydrogen) atoms. The molecular formula is C15H10N4S. The SMILES string of the molecule is c1cc2c(Nc3ccc4sccc4c3)ncnc2cn1. The monoisotopic (exact) mass is 278 g/mol. The maximum atomic E-state index is 4.32. The number of thiophene rings is 1. The van der Waals surface area contributed by atoms with E-state index in [0.717, 1.165) is 22.4 Å². The van der Waals surface area contributed by atoms with Crippen LogP contribution in [0.1, 0.15) is 0 Å². The molecule has 1 aromatic carbocycles. The molecule has 4 nitrogen and oxygen atoms in total. The summed E-state index contributed by atoms with van der Waals surface area (Å²) in [6.07, 6.45) is 5.04. The van der Waals surface area contributed by atoms with Crippen molar-refractivity contribution >= 4 is 43.8 Å². The highest BCUT2D eigenvalue weighted by Gasteiger charge is 2.04. The maximum absolute atomic E-state index is 4.32. The van der Waals surface area contributed by atoms with Gasteiger partial charge in [-0.15, -0.1) is 11.3 Å². The van der Waals surface area contributed by atoms with Crippen LogP contribution < -0.4 is 5.32 Å². The van der Waals surface area contributed by atoms with E-state index in [4.69, 9.17) is 0 Å². The summed E-state index contributed by atoms with van der Waals surface area (Å²) in [7, 11) is 0. The van der Waals surface area contributed by atoms with Crippen molar-refractivity contribution in [2.75, 3.05) is 5.32 Å². The molecule has 0 fully saturated rings. The summed E-state index contributed by atoms with van der Waals surface area (Å²) in [5.41, 5.74) is 1.86. The first kappa shape index (κ1) is 11.3. The van der Waals surface area contributed by atoms with E-state index in [-0.39, 0.29) is 0 Å². The van der Waals surface area contributed by atoms with Crippen LogP contribution in [0.15, 0.2) is 54.4 Å². The number of fused-ring (bicyclic) bond motifs is 2. The van der Waals surface area contributed by atoms with Gasteiger partial charge in [-0.25, -0.2) is 9.97 Å². The summed E-state index contributed by atoms with van der Waals surface area (Å²) < 4.78 is 1.28. The van der Waals surface area contributed by atoms with Gasteiger partial charge in [0, 0.05) is 22.0 Å². The summed E-state index contributed by atoms with van der Waals surface area (Å²) in [6.45, 7) is 0. The van der Waals surface area contributed by atoms with Crippen molar-refractivity contribution in [2.24, 2.45) is 0 Å². The van der Waals surface area contributed by atoms with Gasteiger partial charge in [-0.05, 0) is 41.1 Å². The molecule has 5 heteroatoms. The van der Waals surface area contributed by atoms with Crippen molar-refractivity contribution in [2.45, 2.75) is 0 Å². The smallest absolute Gasteiger partial charge is 0.141 e. The summed E-state index contributed by atoms with van der Waals surface area (Å²) in [4.78, 5) is 12.6. The molecule has 0 aliphatic rings. The molecule has 96 valence electrons. The average Bonchev–Trinajstić information content (AvgIpc) is 2.95. The van der Waals surface area contributed by atoms with Crippen LogP contribution in [0.2, 0.25) is 0 Å². The minimum atomic E-state index is 0.798.